The maximum Gasteiger partial charge on any atom is 0.253 e. The molecule has 0 aliphatic carbocycles. The Balaban J connectivity index is 0.00000208. The summed E-state index contributed by atoms with van der Waals surface area (Å²) >= 11 is 0. The van der Waals surface area contributed by atoms with Crippen molar-refractivity contribution in [2.75, 3.05) is 46.8 Å². The Hall–Kier alpha value is -1.54. The zero-order chi connectivity index (χ0) is 16.1. The highest BCUT2D eigenvalue weighted by molar-refractivity contribution is 5.85. The Bertz CT molecular complexity index is 551. The van der Waals surface area contributed by atoms with Gasteiger partial charge in [0.25, 0.3) is 5.91 Å². The second-order valence-corrected chi connectivity index (χ2v) is 5.50. The van der Waals surface area contributed by atoms with Crippen molar-refractivity contribution in [1.82, 2.24) is 10.2 Å². The highest BCUT2D eigenvalue weighted by Crippen LogP contribution is 2.32. The molecule has 8 heteroatoms. The van der Waals surface area contributed by atoms with E-state index in [1.165, 1.54) is 0 Å². The molecule has 0 bridgehead atoms. The molecule has 0 spiro atoms. The SMILES string of the molecule is COCCN(Cc1ccc2c(c1)OCO2)C(=O)C1CNCCO1.Cl. The van der Waals surface area contributed by atoms with Gasteiger partial charge in [0.2, 0.25) is 6.79 Å². The van der Waals surface area contributed by atoms with Crippen molar-refractivity contribution in [3.8, 4) is 11.5 Å². The molecule has 0 saturated carbocycles. The first-order chi connectivity index (χ1) is 11.3. The van der Waals surface area contributed by atoms with E-state index < -0.39 is 6.10 Å². The number of hydrogen-bond donors (Lipinski definition) is 1. The number of rotatable bonds is 6. The molecular weight excluding hydrogens is 336 g/mol. The van der Waals surface area contributed by atoms with Crippen molar-refractivity contribution >= 4 is 18.3 Å². The Morgan fingerprint density at radius 2 is 2.21 bits per heavy atom. The molecule has 2 aliphatic rings. The van der Waals surface area contributed by atoms with Gasteiger partial charge < -0.3 is 29.2 Å². The molecule has 0 radical (unpaired) electrons. The minimum absolute atomic E-state index is 0. The van der Waals surface area contributed by atoms with Crippen LogP contribution in [0.15, 0.2) is 18.2 Å². The van der Waals surface area contributed by atoms with Crippen molar-refractivity contribution in [2.45, 2.75) is 12.6 Å². The molecule has 2 heterocycles. The fourth-order valence-corrected chi connectivity index (χ4v) is 2.66. The summed E-state index contributed by atoms with van der Waals surface area (Å²) in [5, 5.41) is 3.18. The monoisotopic (exact) mass is 358 g/mol. The fourth-order valence-electron chi connectivity index (χ4n) is 2.66. The lowest BCUT2D eigenvalue weighted by atomic mass is 10.1. The molecule has 1 aromatic carbocycles. The van der Waals surface area contributed by atoms with Gasteiger partial charge in [-0.25, -0.2) is 0 Å². The van der Waals surface area contributed by atoms with Crippen LogP contribution in [0.4, 0.5) is 0 Å². The van der Waals surface area contributed by atoms with Gasteiger partial charge in [0.15, 0.2) is 11.5 Å². The second kappa shape index (κ2) is 9.08. The van der Waals surface area contributed by atoms with Crippen LogP contribution >= 0.6 is 12.4 Å². The molecule has 3 rings (SSSR count). The molecule has 1 fully saturated rings. The van der Waals surface area contributed by atoms with E-state index in [2.05, 4.69) is 5.32 Å². The summed E-state index contributed by atoms with van der Waals surface area (Å²) in [4.78, 5) is 14.5. The van der Waals surface area contributed by atoms with Crippen LogP contribution in [0.25, 0.3) is 0 Å². The number of carbonyl (C=O) groups excluding carboxylic acids is 1. The number of hydrogen-bond acceptors (Lipinski definition) is 6. The first kappa shape index (κ1) is 18.8. The number of carbonyl (C=O) groups is 1. The maximum atomic E-state index is 12.7. The largest absolute Gasteiger partial charge is 0.454 e. The Morgan fingerprint density at radius 1 is 1.38 bits per heavy atom. The lowest BCUT2D eigenvalue weighted by molar-refractivity contribution is -0.146. The third-order valence-electron chi connectivity index (χ3n) is 3.89. The first-order valence-electron chi connectivity index (χ1n) is 7.76. The van der Waals surface area contributed by atoms with E-state index in [0.717, 1.165) is 23.6 Å². The summed E-state index contributed by atoms with van der Waals surface area (Å²) in [7, 11) is 1.63. The van der Waals surface area contributed by atoms with Gasteiger partial charge in [-0.05, 0) is 17.7 Å². The molecule has 1 N–H and O–H groups in total. The average molecular weight is 359 g/mol. The minimum Gasteiger partial charge on any atom is -0.454 e. The Labute approximate surface area is 147 Å². The number of ether oxygens (including phenoxy) is 4. The first-order valence-corrected chi connectivity index (χ1v) is 7.76. The fraction of sp³-hybridized carbons (Fsp3) is 0.562. The smallest absolute Gasteiger partial charge is 0.253 e. The summed E-state index contributed by atoms with van der Waals surface area (Å²) < 4.78 is 21.4. The van der Waals surface area contributed by atoms with Crippen LogP contribution in [-0.4, -0.2) is 63.7 Å². The van der Waals surface area contributed by atoms with E-state index in [0.29, 0.717) is 32.8 Å². The molecule has 1 amide bonds. The average Bonchev–Trinajstić information content (AvgIpc) is 3.06. The zero-order valence-electron chi connectivity index (χ0n) is 13.7. The van der Waals surface area contributed by atoms with Gasteiger partial charge in [-0.15, -0.1) is 12.4 Å². The highest BCUT2D eigenvalue weighted by Gasteiger charge is 2.27. The van der Waals surface area contributed by atoms with Crippen LogP contribution in [-0.2, 0) is 20.8 Å². The van der Waals surface area contributed by atoms with Gasteiger partial charge >= 0.3 is 0 Å². The Kier molecular flexibility index (Phi) is 7.11. The number of amides is 1. The van der Waals surface area contributed by atoms with E-state index in [4.69, 9.17) is 18.9 Å². The number of fused-ring (bicyclic) bond motifs is 1. The number of benzene rings is 1. The number of methoxy groups -OCH3 is 1. The van der Waals surface area contributed by atoms with Crippen molar-refractivity contribution in [1.29, 1.82) is 0 Å². The summed E-state index contributed by atoms with van der Waals surface area (Å²) in [5.41, 5.74) is 0.988. The number of nitrogens with zero attached hydrogens (tertiary/aromatic N) is 1. The van der Waals surface area contributed by atoms with Gasteiger partial charge in [-0.3, -0.25) is 4.79 Å². The van der Waals surface area contributed by atoms with Crippen molar-refractivity contribution in [3.05, 3.63) is 23.8 Å². The van der Waals surface area contributed by atoms with Crippen molar-refractivity contribution < 1.29 is 23.7 Å². The van der Waals surface area contributed by atoms with Crippen LogP contribution in [0.3, 0.4) is 0 Å². The summed E-state index contributed by atoms with van der Waals surface area (Å²) in [6.07, 6.45) is -0.436. The van der Waals surface area contributed by atoms with Gasteiger partial charge in [0.1, 0.15) is 6.10 Å². The van der Waals surface area contributed by atoms with Crippen LogP contribution in [0.2, 0.25) is 0 Å². The van der Waals surface area contributed by atoms with E-state index in [9.17, 15) is 4.79 Å². The molecule has 1 atom stereocenters. The van der Waals surface area contributed by atoms with Crippen molar-refractivity contribution in [3.63, 3.8) is 0 Å². The third kappa shape index (κ3) is 4.51. The van der Waals surface area contributed by atoms with Crippen molar-refractivity contribution in [2.24, 2.45) is 0 Å². The maximum absolute atomic E-state index is 12.7. The lowest BCUT2D eigenvalue weighted by Crippen LogP contribution is -2.49. The minimum atomic E-state index is -0.436. The quantitative estimate of drug-likeness (QED) is 0.811. The number of halogens is 1. The van der Waals surface area contributed by atoms with Gasteiger partial charge in [-0.2, -0.15) is 0 Å². The Morgan fingerprint density at radius 3 is 2.96 bits per heavy atom. The van der Waals surface area contributed by atoms with Gasteiger partial charge in [-0.1, -0.05) is 6.07 Å². The highest BCUT2D eigenvalue weighted by atomic mass is 35.5. The molecule has 24 heavy (non-hydrogen) atoms. The molecule has 1 aromatic rings. The third-order valence-corrected chi connectivity index (χ3v) is 3.89. The van der Waals surface area contributed by atoms with Gasteiger partial charge in [0, 0.05) is 33.3 Å². The van der Waals surface area contributed by atoms with E-state index in [1.807, 2.05) is 18.2 Å². The molecular formula is C16H23ClN2O5. The molecule has 1 unspecified atom stereocenters. The van der Waals surface area contributed by atoms with Crippen LogP contribution < -0.4 is 14.8 Å². The molecule has 2 aliphatic heterocycles. The summed E-state index contributed by atoms with van der Waals surface area (Å²) in [6.45, 7) is 3.61. The topological polar surface area (TPSA) is 69.3 Å². The van der Waals surface area contributed by atoms with Crippen LogP contribution in [0.1, 0.15) is 5.56 Å². The van der Waals surface area contributed by atoms with E-state index in [1.54, 1.807) is 12.0 Å². The van der Waals surface area contributed by atoms with E-state index >= 15 is 0 Å². The van der Waals surface area contributed by atoms with Gasteiger partial charge in [0.05, 0.1) is 13.2 Å². The predicted octanol–water partition coefficient (Wildman–Crippen LogP) is 0.800. The standard InChI is InChI=1S/C16H22N2O5.ClH/c1-20-7-5-18(16(19)15-9-17-4-6-21-15)10-12-2-3-13-14(8-12)23-11-22-13;/h2-3,8,15,17H,4-7,9-11H2,1H3;1H. The predicted molar refractivity (Wildman–Crippen MR) is 89.7 cm³/mol. The molecule has 134 valence electrons. The summed E-state index contributed by atoms with van der Waals surface area (Å²) in [5.74, 6) is 1.44. The summed E-state index contributed by atoms with van der Waals surface area (Å²) in [6, 6.07) is 5.73. The number of nitrogens with one attached hydrogen (secondary N) is 1. The normalized spacial score (nSPS) is 18.8. The van der Waals surface area contributed by atoms with E-state index in [-0.39, 0.29) is 25.1 Å². The molecule has 0 aromatic heterocycles. The number of morpholine rings is 1. The van der Waals surface area contributed by atoms with Crippen LogP contribution in [0, 0.1) is 0 Å². The molecule has 7 nitrogen and oxygen atoms in total. The lowest BCUT2D eigenvalue weighted by Gasteiger charge is -2.29. The van der Waals surface area contributed by atoms with Crippen LogP contribution in [0.5, 0.6) is 11.5 Å². The second-order valence-electron chi connectivity index (χ2n) is 5.50. The zero-order valence-corrected chi connectivity index (χ0v) is 14.5. The molecule has 1 saturated heterocycles.